The summed E-state index contributed by atoms with van der Waals surface area (Å²) in [7, 11) is 0. The molecule has 0 spiro atoms. The molecule has 3 aromatic carbocycles. The lowest BCUT2D eigenvalue weighted by atomic mass is 9.75. The first-order valence-electron chi connectivity index (χ1n) is 9.41. The van der Waals surface area contributed by atoms with E-state index in [-0.39, 0.29) is 23.2 Å². The number of nitrogens with two attached hydrogens (primary N) is 1. The van der Waals surface area contributed by atoms with Crippen molar-refractivity contribution in [3.8, 4) is 0 Å². The van der Waals surface area contributed by atoms with Gasteiger partial charge in [-0.1, -0.05) is 24.3 Å². The van der Waals surface area contributed by atoms with Crippen LogP contribution in [0.5, 0.6) is 0 Å². The number of nitrogen functional groups attached to an aromatic ring is 1. The lowest BCUT2D eigenvalue weighted by Gasteiger charge is -2.38. The molecule has 0 fully saturated rings. The number of amidine groups is 1. The molecule has 3 aromatic rings. The van der Waals surface area contributed by atoms with E-state index in [9.17, 15) is 13.2 Å². The topological polar surface area (TPSA) is 61.9 Å². The van der Waals surface area contributed by atoms with E-state index in [1.54, 1.807) is 12.1 Å². The number of anilines is 1. The minimum Gasteiger partial charge on any atom is -0.384 e. The number of rotatable bonds is 2. The van der Waals surface area contributed by atoms with Crippen molar-refractivity contribution in [2.24, 2.45) is 11.7 Å². The second-order valence-electron chi connectivity index (χ2n) is 7.67. The molecule has 2 aliphatic rings. The predicted octanol–water partition coefficient (Wildman–Crippen LogP) is 4.86. The van der Waals surface area contributed by atoms with Gasteiger partial charge in [0, 0.05) is 28.8 Å². The summed E-state index contributed by atoms with van der Waals surface area (Å²) in [4.78, 5) is 0. The summed E-state index contributed by atoms with van der Waals surface area (Å²) in [5.74, 6) is -3.26. The van der Waals surface area contributed by atoms with Gasteiger partial charge in [-0.3, -0.25) is 5.41 Å². The minimum atomic E-state index is -1.19. The number of hydrogen-bond donors (Lipinski definition) is 3. The minimum absolute atomic E-state index is 0.00778. The maximum absolute atomic E-state index is 14.7. The Kier molecular flexibility index (Phi) is 3.91. The summed E-state index contributed by atoms with van der Waals surface area (Å²) in [6.07, 6.45) is 0.653. The van der Waals surface area contributed by atoms with E-state index in [0.29, 0.717) is 18.1 Å². The van der Waals surface area contributed by atoms with Gasteiger partial charge < -0.3 is 11.1 Å². The van der Waals surface area contributed by atoms with Crippen molar-refractivity contribution in [1.82, 2.24) is 0 Å². The highest BCUT2D eigenvalue weighted by molar-refractivity contribution is 5.95. The van der Waals surface area contributed by atoms with Crippen molar-refractivity contribution >= 4 is 11.5 Å². The Labute approximate surface area is 165 Å². The maximum atomic E-state index is 14.7. The number of benzene rings is 3. The summed E-state index contributed by atoms with van der Waals surface area (Å²) in [5, 5.41) is 11.1. The van der Waals surface area contributed by atoms with Crippen LogP contribution in [0.4, 0.5) is 18.9 Å². The highest BCUT2D eigenvalue weighted by atomic mass is 19.2. The van der Waals surface area contributed by atoms with Crippen molar-refractivity contribution < 1.29 is 13.2 Å². The zero-order chi connectivity index (χ0) is 20.3. The molecule has 0 saturated heterocycles. The van der Waals surface area contributed by atoms with Crippen LogP contribution >= 0.6 is 0 Å². The molecule has 4 N–H and O–H groups in total. The molecule has 3 atom stereocenters. The summed E-state index contributed by atoms with van der Waals surface area (Å²) in [6.45, 7) is 0. The van der Waals surface area contributed by atoms with Gasteiger partial charge in [0.15, 0.2) is 11.6 Å². The van der Waals surface area contributed by atoms with Gasteiger partial charge >= 0.3 is 0 Å². The highest BCUT2D eigenvalue weighted by Gasteiger charge is 2.44. The van der Waals surface area contributed by atoms with Gasteiger partial charge in [-0.2, -0.15) is 0 Å². The van der Waals surface area contributed by atoms with Gasteiger partial charge in [0.05, 0.1) is 6.04 Å². The van der Waals surface area contributed by atoms with Crippen LogP contribution in [0.2, 0.25) is 0 Å². The van der Waals surface area contributed by atoms with Gasteiger partial charge in [-0.05, 0) is 53.3 Å². The van der Waals surface area contributed by atoms with E-state index < -0.39 is 23.5 Å². The Balaban J connectivity index is 1.72. The molecule has 3 unspecified atom stereocenters. The van der Waals surface area contributed by atoms with E-state index >= 15 is 0 Å². The monoisotopic (exact) mass is 393 g/mol. The van der Waals surface area contributed by atoms with Crippen molar-refractivity contribution in [2.75, 3.05) is 5.32 Å². The molecule has 0 amide bonds. The van der Waals surface area contributed by atoms with Crippen LogP contribution < -0.4 is 11.1 Å². The molecule has 0 bridgehead atoms. The SMILES string of the molecule is N=C(N)c1ccc2c(c1)C1c3ccccc3CC1C(c1cc(F)cc(F)c1F)N2. The quantitative estimate of drug-likeness (QED) is 0.331. The summed E-state index contributed by atoms with van der Waals surface area (Å²) < 4.78 is 42.6. The third-order valence-corrected chi connectivity index (χ3v) is 6.07. The molecule has 0 aromatic heterocycles. The van der Waals surface area contributed by atoms with Gasteiger partial charge in [0.25, 0.3) is 0 Å². The molecule has 1 heterocycles. The van der Waals surface area contributed by atoms with E-state index in [2.05, 4.69) is 5.32 Å². The third kappa shape index (κ3) is 2.70. The van der Waals surface area contributed by atoms with E-state index in [1.807, 2.05) is 30.3 Å². The lowest BCUT2D eigenvalue weighted by molar-refractivity contribution is 0.396. The largest absolute Gasteiger partial charge is 0.384 e. The molecule has 3 nitrogen and oxygen atoms in total. The predicted molar refractivity (Wildman–Crippen MR) is 106 cm³/mol. The Bertz CT molecular complexity index is 1160. The fraction of sp³-hybridized carbons (Fsp3) is 0.174. The fourth-order valence-corrected chi connectivity index (χ4v) is 4.84. The Morgan fingerprint density at radius 2 is 1.76 bits per heavy atom. The normalized spacial score (nSPS) is 21.7. The average Bonchev–Trinajstić information content (AvgIpc) is 3.09. The van der Waals surface area contributed by atoms with E-state index in [1.165, 1.54) is 0 Å². The van der Waals surface area contributed by atoms with Gasteiger partial charge in [-0.25, -0.2) is 13.2 Å². The van der Waals surface area contributed by atoms with Crippen molar-refractivity contribution in [1.29, 1.82) is 5.41 Å². The molecule has 0 radical (unpaired) electrons. The van der Waals surface area contributed by atoms with Crippen molar-refractivity contribution in [2.45, 2.75) is 18.4 Å². The Morgan fingerprint density at radius 1 is 0.966 bits per heavy atom. The van der Waals surface area contributed by atoms with Crippen molar-refractivity contribution in [3.63, 3.8) is 0 Å². The Hall–Kier alpha value is -3.28. The first kappa shape index (κ1) is 17.8. The molecule has 5 rings (SSSR count). The standard InChI is InChI=1S/C23H18F3N3/c24-13-9-17(21(26)18(25)10-13)22-16-7-11-3-1-2-4-14(11)20(16)15-8-12(23(27)28)5-6-19(15)29-22/h1-6,8-10,16,20,22,29H,7H2,(H3,27,28). The molecule has 1 aliphatic carbocycles. The molecule has 29 heavy (non-hydrogen) atoms. The zero-order valence-electron chi connectivity index (χ0n) is 15.3. The van der Waals surface area contributed by atoms with Crippen LogP contribution in [0.3, 0.4) is 0 Å². The highest BCUT2D eigenvalue weighted by Crippen LogP contribution is 2.54. The first-order valence-corrected chi connectivity index (χ1v) is 9.41. The van der Waals surface area contributed by atoms with Gasteiger partial charge in [-0.15, -0.1) is 0 Å². The second-order valence-corrected chi connectivity index (χ2v) is 7.67. The number of halogens is 3. The first-order chi connectivity index (χ1) is 13.9. The van der Waals surface area contributed by atoms with E-state index in [4.69, 9.17) is 11.1 Å². The summed E-state index contributed by atoms with van der Waals surface area (Å²) in [6, 6.07) is 14.4. The fourth-order valence-electron chi connectivity index (χ4n) is 4.84. The number of hydrogen-bond acceptors (Lipinski definition) is 2. The maximum Gasteiger partial charge on any atom is 0.164 e. The molecule has 0 saturated carbocycles. The van der Waals surface area contributed by atoms with Crippen LogP contribution in [0, 0.1) is 28.8 Å². The van der Waals surface area contributed by atoms with Crippen LogP contribution in [0.15, 0.2) is 54.6 Å². The molecular weight excluding hydrogens is 375 g/mol. The molecular formula is C23H18F3N3. The third-order valence-electron chi connectivity index (χ3n) is 6.07. The number of fused-ring (bicyclic) bond motifs is 5. The average molecular weight is 393 g/mol. The van der Waals surface area contributed by atoms with Crippen LogP contribution in [0.25, 0.3) is 0 Å². The second kappa shape index (κ2) is 6.37. The smallest absolute Gasteiger partial charge is 0.164 e. The Morgan fingerprint density at radius 3 is 2.55 bits per heavy atom. The van der Waals surface area contributed by atoms with Crippen molar-refractivity contribution in [3.05, 3.63) is 99.9 Å². The lowest BCUT2D eigenvalue weighted by Crippen LogP contribution is -2.31. The van der Waals surface area contributed by atoms with Gasteiger partial charge in [0.2, 0.25) is 0 Å². The summed E-state index contributed by atoms with van der Waals surface area (Å²) >= 11 is 0. The van der Waals surface area contributed by atoms with Crippen LogP contribution in [-0.2, 0) is 6.42 Å². The molecule has 146 valence electrons. The van der Waals surface area contributed by atoms with Crippen LogP contribution in [-0.4, -0.2) is 5.84 Å². The van der Waals surface area contributed by atoms with Crippen LogP contribution in [0.1, 0.15) is 39.8 Å². The van der Waals surface area contributed by atoms with E-state index in [0.717, 1.165) is 28.4 Å². The molecule has 6 heteroatoms. The van der Waals surface area contributed by atoms with Gasteiger partial charge in [0.1, 0.15) is 11.7 Å². The molecule has 1 aliphatic heterocycles. The zero-order valence-corrected chi connectivity index (χ0v) is 15.3. The summed E-state index contributed by atoms with van der Waals surface area (Å²) in [5.41, 5.74) is 10.2. The number of nitrogens with one attached hydrogen (secondary N) is 2.